The van der Waals surface area contributed by atoms with Crippen molar-refractivity contribution in [3.8, 4) is 0 Å². The maximum atomic E-state index is 9.56. The summed E-state index contributed by atoms with van der Waals surface area (Å²) in [5.41, 5.74) is 0. The zero-order valence-electron chi connectivity index (χ0n) is 9.43. The summed E-state index contributed by atoms with van der Waals surface area (Å²) in [7, 11) is 3.38. The fourth-order valence-electron chi connectivity index (χ4n) is 4.21. The van der Waals surface area contributed by atoms with Gasteiger partial charge in [-0.2, -0.15) is 0 Å². The zero-order chi connectivity index (χ0) is 11.5. The molecule has 0 unspecified atom stereocenters. The van der Waals surface area contributed by atoms with Gasteiger partial charge in [0.15, 0.2) is 5.79 Å². The van der Waals surface area contributed by atoms with Crippen LogP contribution in [0.5, 0.6) is 0 Å². The molecule has 6 atom stereocenters. The minimum absolute atomic E-state index is 0.165. The molecule has 0 aromatic heterocycles. The highest BCUT2D eigenvalue weighted by molar-refractivity contribution is 9.09. The molecule has 1 saturated heterocycles. The normalized spacial score (nSPS) is 52.5. The van der Waals surface area contributed by atoms with E-state index in [2.05, 4.69) is 15.9 Å². The van der Waals surface area contributed by atoms with E-state index in [0.717, 1.165) is 0 Å². The molecule has 0 aromatic carbocycles. The standard InChI is InChI=1S/C11H17BrO4/c1-14-11(15-2)7-5(3-13)6-4-16-10(8(6)11)9(7)12/h5-10,13H,3-4H2,1-2H3/t5-,6+,7+,8-,9+,10+/m0/s1. The van der Waals surface area contributed by atoms with E-state index in [1.807, 2.05) is 0 Å². The van der Waals surface area contributed by atoms with Gasteiger partial charge in [-0.05, 0) is 11.8 Å². The van der Waals surface area contributed by atoms with Crippen molar-refractivity contribution in [2.75, 3.05) is 27.4 Å². The Kier molecular flexibility index (Phi) is 2.61. The zero-order valence-corrected chi connectivity index (χ0v) is 11.0. The van der Waals surface area contributed by atoms with E-state index in [-0.39, 0.29) is 35.3 Å². The molecule has 3 fully saturated rings. The lowest BCUT2D eigenvalue weighted by Gasteiger charge is -2.32. The van der Waals surface area contributed by atoms with Crippen LogP contribution in [-0.4, -0.2) is 49.3 Å². The molecule has 16 heavy (non-hydrogen) atoms. The molecule has 5 heteroatoms. The summed E-state index contributed by atoms with van der Waals surface area (Å²) in [6.45, 7) is 0.895. The molecule has 92 valence electrons. The van der Waals surface area contributed by atoms with Crippen molar-refractivity contribution in [3.63, 3.8) is 0 Å². The number of rotatable bonds is 3. The number of alkyl halides is 1. The number of aliphatic hydroxyl groups is 1. The molecule has 2 bridgehead atoms. The summed E-state index contributed by atoms with van der Waals surface area (Å²) in [4.78, 5) is 0.216. The Morgan fingerprint density at radius 3 is 2.62 bits per heavy atom. The second kappa shape index (κ2) is 3.65. The molecule has 1 N–H and O–H groups in total. The second-order valence-corrected chi connectivity index (χ2v) is 5.99. The predicted octanol–water partition coefficient (Wildman–Crippen LogP) is 0.622. The first-order valence-electron chi connectivity index (χ1n) is 5.68. The van der Waals surface area contributed by atoms with Crippen LogP contribution in [0, 0.1) is 23.7 Å². The van der Waals surface area contributed by atoms with Gasteiger partial charge in [-0.25, -0.2) is 0 Å². The fourth-order valence-corrected chi connectivity index (χ4v) is 5.45. The van der Waals surface area contributed by atoms with Crippen LogP contribution in [0.1, 0.15) is 0 Å². The third kappa shape index (κ3) is 1.04. The van der Waals surface area contributed by atoms with E-state index < -0.39 is 5.79 Å². The smallest absolute Gasteiger partial charge is 0.177 e. The highest BCUT2D eigenvalue weighted by Crippen LogP contribution is 2.65. The highest BCUT2D eigenvalue weighted by atomic mass is 79.9. The molecule has 0 aromatic rings. The number of halogens is 1. The second-order valence-electron chi connectivity index (χ2n) is 4.93. The van der Waals surface area contributed by atoms with Crippen LogP contribution in [0.2, 0.25) is 0 Å². The van der Waals surface area contributed by atoms with Gasteiger partial charge in [-0.1, -0.05) is 15.9 Å². The van der Waals surface area contributed by atoms with Gasteiger partial charge in [0.2, 0.25) is 0 Å². The average Bonchev–Trinajstić information content (AvgIpc) is 2.86. The van der Waals surface area contributed by atoms with Crippen LogP contribution in [-0.2, 0) is 14.2 Å². The van der Waals surface area contributed by atoms with Crippen molar-refractivity contribution in [3.05, 3.63) is 0 Å². The highest BCUT2D eigenvalue weighted by Gasteiger charge is 2.75. The summed E-state index contributed by atoms with van der Waals surface area (Å²) in [6, 6.07) is 0. The van der Waals surface area contributed by atoms with E-state index in [0.29, 0.717) is 12.5 Å². The van der Waals surface area contributed by atoms with Crippen LogP contribution >= 0.6 is 15.9 Å². The van der Waals surface area contributed by atoms with Gasteiger partial charge in [-0.3, -0.25) is 0 Å². The Morgan fingerprint density at radius 1 is 1.38 bits per heavy atom. The number of aliphatic hydroxyl groups excluding tert-OH is 1. The van der Waals surface area contributed by atoms with Gasteiger partial charge in [-0.15, -0.1) is 0 Å². The summed E-state index contributed by atoms with van der Waals surface area (Å²) in [6.07, 6.45) is 0.165. The number of ether oxygens (including phenoxy) is 3. The molecular formula is C11H17BrO4. The molecule has 1 aliphatic heterocycles. The van der Waals surface area contributed by atoms with Gasteiger partial charge in [0.25, 0.3) is 0 Å². The summed E-state index contributed by atoms with van der Waals surface area (Å²) >= 11 is 3.69. The van der Waals surface area contributed by atoms with Crippen LogP contribution < -0.4 is 0 Å². The Morgan fingerprint density at radius 2 is 2.06 bits per heavy atom. The summed E-state index contributed by atoms with van der Waals surface area (Å²) < 4.78 is 17.2. The van der Waals surface area contributed by atoms with Crippen LogP contribution in [0.4, 0.5) is 0 Å². The van der Waals surface area contributed by atoms with E-state index >= 15 is 0 Å². The first-order valence-corrected chi connectivity index (χ1v) is 6.59. The Labute approximate surface area is 103 Å². The van der Waals surface area contributed by atoms with Gasteiger partial charge >= 0.3 is 0 Å². The largest absolute Gasteiger partial charge is 0.396 e. The average molecular weight is 293 g/mol. The van der Waals surface area contributed by atoms with Gasteiger partial charge in [0.05, 0.1) is 12.7 Å². The lowest BCUT2D eigenvalue weighted by molar-refractivity contribution is -0.240. The van der Waals surface area contributed by atoms with Crippen molar-refractivity contribution >= 4 is 15.9 Å². The number of fused-ring (bicyclic) bond motifs is 1. The Bertz CT molecular complexity index is 294. The van der Waals surface area contributed by atoms with E-state index in [1.165, 1.54) is 0 Å². The molecule has 4 nitrogen and oxygen atoms in total. The van der Waals surface area contributed by atoms with Gasteiger partial charge < -0.3 is 19.3 Å². The van der Waals surface area contributed by atoms with Crippen molar-refractivity contribution in [2.45, 2.75) is 16.7 Å². The van der Waals surface area contributed by atoms with Gasteiger partial charge in [0.1, 0.15) is 0 Å². The third-order valence-electron chi connectivity index (χ3n) is 4.74. The topological polar surface area (TPSA) is 47.9 Å². The molecule has 0 radical (unpaired) electrons. The molecular weight excluding hydrogens is 276 g/mol. The number of hydrogen-bond acceptors (Lipinski definition) is 4. The first-order chi connectivity index (χ1) is 7.71. The minimum Gasteiger partial charge on any atom is -0.396 e. The molecule has 2 saturated carbocycles. The predicted molar refractivity (Wildman–Crippen MR) is 60.2 cm³/mol. The van der Waals surface area contributed by atoms with Crippen LogP contribution in [0.15, 0.2) is 0 Å². The van der Waals surface area contributed by atoms with Crippen molar-refractivity contribution < 1.29 is 19.3 Å². The van der Waals surface area contributed by atoms with Crippen molar-refractivity contribution in [1.29, 1.82) is 0 Å². The minimum atomic E-state index is -0.576. The molecule has 3 aliphatic rings. The SMILES string of the molecule is COC1(OC)[C@H]2[C@@H](Br)[C@@H]3OC[C@H]([C@@H]2CO)[C@@H]31. The van der Waals surface area contributed by atoms with Crippen molar-refractivity contribution in [1.82, 2.24) is 0 Å². The van der Waals surface area contributed by atoms with Crippen LogP contribution in [0.25, 0.3) is 0 Å². The molecule has 1 heterocycles. The Hall–Kier alpha value is 0.320. The van der Waals surface area contributed by atoms with E-state index in [4.69, 9.17) is 14.2 Å². The third-order valence-corrected chi connectivity index (χ3v) is 5.83. The molecule has 3 rings (SSSR count). The molecule has 0 spiro atoms. The number of hydrogen-bond donors (Lipinski definition) is 1. The molecule has 2 aliphatic carbocycles. The van der Waals surface area contributed by atoms with Gasteiger partial charge in [0, 0.05) is 37.5 Å². The summed E-state index contributed by atoms with van der Waals surface area (Å²) in [5.74, 6) is 0.429. The van der Waals surface area contributed by atoms with Crippen molar-refractivity contribution in [2.24, 2.45) is 23.7 Å². The maximum Gasteiger partial charge on any atom is 0.177 e. The number of methoxy groups -OCH3 is 2. The lowest BCUT2D eigenvalue weighted by atomic mass is 9.81. The monoisotopic (exact) mass is 292 g/mol. The fraction of sp³-hybridized carbons (Fsp3) is 1.00. The quantitative estimate of drug-likeness (QED) is 0.612. The summed E-state index contributed by atoms with van der Waals surface area (Å²) in [5, 5.41) is 9.56. The van der Waals surface area contributed by atoms with E-state index in [9.17, 15) is 5.11 Å². The Balaban J connectivity index is 2.06. The van der Waals surface area contributed by atoms with E-state index in [1.54, 1.807) is 14.2 Å². The first kappa shape index (κ1) is 11.4. The molecule has 0 amide bonds. The maximum absolute atomic E-state index is 9.56. The van der Waals surface area contributed by atoms with Crippen LogP contribution in [0.3, 0.4) is 0 Å². The lowest BCUT2D eigenvalue weighted by Crippen LogP contribution is -2.42.